The summed E-state index contributed by atoms with van der Waals surface area (Å²) in [4.78, 5) is 0. The number of hydrogen-bond donors (Lipinski definition) is 1. The third kappa shape index (κ3) is 1.23. The van der Waals surface area contributed by atoms with Gasteiger partial charge in [0.1, 0.15) is 0 Å². The Morgan fingerprint density at radius 1 is 1.31 bits per heavy atom. The molecule has 1 N–H and O–H groups in total. The molecule has 2 aromatic rings. The Bertz CT molecular complexity index is 537. The highest BCUT2D eigenvalue weighted by molar-refractivity contribution is 5.84. The van der Waals surface area contributed by atoms with Gasteiger partial charge in [-0.25, -0.2) is 0 Å². The van der Waals surface area contributed by atoms with Crippen molar-refractivity contribution in [2.24, 2.45) is 7.05 Å². The molecule has 0 radical (unpaired) electrons. The predicted molar refractivity (Wildman–Crippen MR) is 67.7 cm³/mol. The number of para-hydroxylation sites is 1. The van der Waals surface area contributed by atoms with E-state index in [1.54, 1.807) is 0 Å². The van der Waals surface area contributed by atoms with Crippen molar-refractivity contribution >= 4 is 10.9 Å². The summed E-state index contributed by atoms with van der Waals surface area (Å²) in [7, 11) is 2.13. The summed E-state index contributed by atoms with van der Waals surface area (Å²) in [5.74, 6) is 0.638. The second kappa shape index (κ2) is 3.11. The van der Waals surface area contributed by atoms with Crippen LogP contribution in [0.1, 0.15) is 25.3 Å². The fraction of sp³-hybridized carbons (Fsp3) is 0.429. The molecule has 1 aromatic carbocycles. The lowest BCUT2D eigenvalue weighted by Gasteiger charge is -2.46. The molecule has 0 bridgehead atoms. The zero-order valence-corrected chi connectivity index (χ0v) is 10.1. The predicted octanol–water partition coefficient (Wildman–Crippen LogP) is 2.64. The van der Waals surface area contributed by atoms with Crippen molar-refractivity contribution in [2.45, 2.75) is 25.3 Å². The van der Waals surface area contributed by atoms with Crippen molar-refractivity contribution in [3.05, 3.63) is 36.0 Å². The molecule has 16 heavy (non-hydrogen) atoms. The second-order valence-corrected chi connectivity index (χ2v) is 5.37. The van der Waals surface area contributed by atoms with Gasteiger partial charge in [-0.3, -0.25) is 0 Å². The van der Waals surface area contributed by atoms with Crippen LogP contribution in [0.15, 0.2) is 30.5 Å². The quantitative estimate of drug-likeness (QED) is 0.772. The highest BCUT2D eigenvalue weighted by Crippen LogP contribution is 2.38. The Labute approximate surface area is 96.3 Å². The van der Waals surface area contributed by atoms with Crippen LogP contribution < -0.4 is 5.32 Å². The Morgan fingerprint density at radius 2 is 2.06 bits per heavy atom. The van der Waals surface area contributed by atoms with Gasteiger partial charge in [0.25, 0.3) is 0 Å². The monoisotopic (exact) mass is 214 g/mol. The van der Waals surface area contributed by atoms with Crippen molar-refractivity contribution < 1.29 is 0 Å². The van der Waals surface area contributed by atoms with Crippen LogP contribution in [0.5, 0.6) is 0 Å². The molecule has 0 amide bonds. The third-order valence-corrected chi connectivity index (χ3v) is 3.94. The van der Waals surface area contributed by atoms with Gasteiger partial charge in [0, 0.05) is 42.1 Å². The summed E-state index contributed by atoms with van der Waals surface area (Å²) in [5, 5.41) is 4.91. The fourth-order valence-corrected chi connectivity index (χ4v) is 2.76. The maximum absolute atomic E-state index is 3.50. The largest absolute Gasteiger partial charge is 0.350 e. The number of hydrogen-bond acceptors (Lipinski definition) is 1. The van der Waals surface area contributed by atoms with E-state index in [4.69, 9.17) is 0 Å². The minimum absolute atomic E-state index is 0.240. The van der Waals surface area contributed by atoms with Crippen molar-refractivity contribution in [3.63, 3.8) is 0 Å². The van der Waals surface area contributed by atoms with Gasteiger partial charge in [-0.05, 0) is 25.5 Å². The van der Waals surface area contributed by atoms with Gasteiger partial charge < -0.3 is 9.88 Å². The van der Waals surface area contributed by atoms with E-state index < -0.39 is 0 Å². The highest BCUT2D eigenvalue weighted by Gasteiger charge is 2.40. The molecule has 84 valence electrons. The van der Waals surface area contributed by atoms with Crippen LogP contribution >= 0.6 is 0 Å². The second-order valence-electron chi connectivity index (χ2n) is 5.37. The van der Waals surface area contributed by atoms with Crippen LogP contribution in [0, 0.1) is 0 Å². The SMILES string of the molecule is Cn1cc(C2CNC2(C)C)c2ccccc21. The van der Waals surface area contributed by atoms with E-state index in [9.17, 15) is 0 Å². The van der Waals surface area contributed by atoms with Gasteiger partial charge in [0.15, 0.2) is 0 Å². The van der Waals surface area contributed by atoms with Gasteiger partial charge >= 0.3 is 0 Å². The normalized spacial score (nSPS) is 23.3. The third-order valence-electron chi connectivity index (χ3n) is 3.94. The first kappa shape index (κ1) is 9.91. The summed E-state index contributed by atoms with van der Waals surface area (Å²) in [5.41, 5.74) is 3.06. The summed E-state index contributed by atoms with van der Waals surface area (Å²) in [6, 6.07) is 8.66. The number of nitrogens with zero attached hydrogens (tertiary/aromatic N) is 1. The number of rotatable bonds is 1. The molecule has 0 saturated carbocycles. The Morgan fingerprint density at radius 3 is 2.69 bits per heavy atom. The summed E-state index contributed by atoms with van der Waals surface area (Å²) < 4.78 is 2.24. The Kier molecular flexibility index (Phi) is 1.93. The van der Waals surface area contributed by atoms with Crippen LogP contribution in [0.25, 0.3) is 10.9 Å². The van der Waals surface area contributed by atoms with Gasteiger partial charge in [0.05, 0.1) is 0 Å². The molecule has 0 aliphatic carbocycles. The molecule has 1 aliphatic rings. The van der Waals surface area contributed by atoms with Crippen LogP contribution in [0.3, 0.4) is 0 Å². The maximum Gasteiger partial charge on any atom is 0.0480 e. The molecule has 2 nitrogen and oxygen atoms in total. The van der Waals surface area contributed by atoms with Crippen molar-refractivity contribution in [3.8, 4) is 0 Å². The zero-order chi connectivity index (χ0) is 11.3. The minimum Gasteiger partial charge on any atom is -0.350 e. The lowest BCUT2D eigenvalue weighted by molar-refractivity contribution is 0.209. The van der Waals surface area contributed by atoms with E-state index in [0.29, 0.717) is 5.92 Å². The summed E-state index contributed by atoms with van der Waals surface area (Å²) in [6.45, 7) is 5.66. The minimum atomic E-state index is 0.240. The van der Waals surface area contributed by atoms with Crippen LogP contribution in [-0.4, -0.2) is 16.7 Å². The number of fused-ring (bicyclic) bond motifs is 1. The number of aromatic nitrogens is 1. The standard InChI is InChI=1S/C14H18N2/c1-14(2)12(8-15-14)11-9-16(3)13-7-5-4-6-10(11)13/h4-7,9,12,15H,8H2,1-3H3. The van der Waals surface area contributed by atoms with E-state index >= 15 is 0 Å². The average Bonchev–Trinajstić information content (AvgIpc) is 2.56. The van der Waals surface area contributed by atoms with Crippen molar-refractivity contribution in [2.75, 3.05) is 6.54 Å². The molecule has 3 rings (SSSR count). The lowest BCUT2D eigenvalue weighted by Crippen LogP contribution is -2.59. The van der Waals surface area contributed by atoms with E-state index in [2.05, 4.69) is 61.2 Å². The molecular weight excluding hydrogens is 196 g/mol. The molecule has 1 aromatic heterocycles. The van der Waals surface area contributed by atoms with E-state index in [1.807, 2.05) is 0 Å². The lowest BCUT2D eigenvalue weighted by atomic mass is 9.75. The first-order valence-corrected chi connectivity index (χ1v) is 5.88. The van der Waals surface area contributed by atoms with Crippen molar-refractivity contribution in [1.82, 2.24) is 9.88 Å². The van der Waals surface area contributed by atoms with Gasteiger partial charge in [-0.15, -0.1) is 0 Å². The van der Waals surface area contributed by atoms with Crippen LogP contribution in [-0.2, 0) is 7.05 Å². The maximum atomic E-state index is 3.50. The Hall–Kier alpha value is -1.28. The molecule has 1 aliphatic heterocycles. The van der Waals surface area contributed by atoms with Crippen molar-refractivity contribution in [1.29, 1.82) is 0 Å². The average molecular weight is 214 g/mol. The van der Waals surface area contributed by atoms with E-state index in [0.717, 1.165) is 6.54 Å². The summed E-state index contributed by atoms with van der Waals surface area (Å²) in [6.07, 6.45) is 2.29. The smallest absolute Gasteiger partial charge is 0.0480 e. The topological polar surface area (TPSA) is 17.0 Å². The molecular formula is C14H18N2. The molecule has 1 unspecified atom stereocenters. The molecule has 2 heteroatoms. The first-order chi connectivity index (χ1) is 7.59. The Balaban J connectivity index is 2.18. The number of aryl methyl sites for hydroxylation is 1. The molecule has 2 heterocycles. The molecule has 1 fully saturated rings. The number of benzene rings is 1. The van der Waals surface area contributed by atoms with Gasteiger partial charge in [0.2, 0.25) is 0 Å². The highest BCUT2D eigenvalue weighted by atomic mass is 15.1. The number of nitrogens with one attached hydrogen (secondary N) is 1. The molecule has 0 spiro atoms. The van der Waals surface area contributed by atoms with Crippen LogP contribution in [0.2, 0.25) is 0 Å². The van der Waals surface area contributed by atoms with Gasteiger partial charge in [-0.1, -0.05) is 18.2 Å². The molecule has 1 saturated heterocycles. The zero-order valence-electron chi connectivity index (χ0n) is 10.1. The summed E-state index contributed by atoms with van der Waals surface area (Å²) >= 11 is 0. The first-order valence-electron chi connectivity index (χ1n) is 5.88. The molecule has 1 atom stereocenters. The van der Waals surface area contributed by atoms with Gasteiger partial charge in [-0.2, -0.15) is 0 Å². The van der Waals surface area contributed by atoms with Crippen LogP contribution in [0.4, 0.5) is 0 Å². The van der Waals surface area contributed by atoms with E-state index in [-0.39, 0.29) is 5.54 Å². The fourth-order valence-electron chi connectivity index (χ4n) is 2.76. The van der Waals surface area contributed by atoms with E-state index in [1.165, 1.54) is 16.5 Å².